The quantitative estimate of drug-likeness (QED) is 0.574. The Balaban J connectivity index is 2.87. The van der Waals surface area contributed by atoms with E-state index in [4.69, 9.17) is 4.74 Å². The van der Waals surface area contributed by atoms with E-state index in [0.717, 1.165) is 0 Å². The molecule has 0 amide bonds. The molecule has 0 saturated carbocycles. The summed E-state index contributed by atoms with van der Waals surface area (Å²) in [4.78, 5) is 0. The molecule has 2 nitrogen and oxygen atoms in total. The maximum atomic E-state index is 5.33. The molecule has 0 aromatic heterocycles. The lowest BCUT2D eigenvalue weighted by Gasteiger charge is -2.38. The Morgan fingerprint density at radius 1 is 1.19 bits per heavy atom. The molecule has 0 aliphatic heterocycles. The standard InChI is InChI=1S/C13H23NOSi/c1-12(13-9-7-6-8-10-13)14(11-15-2)16(3,4)5/h6-10,12H,11H2,1-5H3. The molecule has 1 unspecified atom stereocenters. The van der Waals surface area contributed by atoms with Crippen molar-refractivity contribution in [3.63, 3.8) is 0 Å². The highest BCUT2D eigenvalue weighted by atomic mass is 28.3. The molecule has 0 fully saturated rings. The molecule has 16 heavy (non-hydrogen) atoms. The van der Waals surface area contributed by atoms with Crippen LogP contribution in [-0.2, 0) is 4.74 Å². The number of hydrogen-bond acceptors (Lipinski definition) is 2. The third-order valence-corrected chi connectivity index (χ3v) is 5.12. The smallest absolute Gasteiger partial charge is 0.122 e. The van der Waals surface area contributed by atoms with E-state index in [2.05, 4.69) is 61.5 Å². The lowest BCUT2D eigenvalue weighted by atomic mass is 10.1. The Morgan fingerprint density at radius 2 is 1.75 bits per heavy atom. The summed E-state index contributed by atoms with van der Waals surface area (Å²) in [6.07, 6.45) is 0. The zero-order valence-electron chi connectivity index (χ0n) is 11.0. The van der Waals surface area contributed by atoms with E-state index >= 15 is 0 Å². The largest absolute Gasteiger partial charge is 0.370 e. The lowest BCUT2D eigenvalue weighted by molar-refractivity contribution is 0.0908. The van der Waals surface area contributed by atoms with Gasteiger partial charge in [-0.2, -0.15) is 0 Å². The summed E-state index contributed by atoms with van der Waals surface area (Å²) in [7, 11) is 0.424. The highest BCUT2D eigenvalue weighted by molar-refractivity contribution is 6.73. The van der Waals surface area contributed by atoms with Crippen molar-refractivity contribution in [2.45, 2.75) is 32.6 Å². The van der Waals surface area contributed by atoms with E-state index in [1.807, 2.05) is 0 Å². The molecule has 0 saturated heterocycles. The Labute approximate surface area is 100 Å². The van der Waals surface area contributed by atoms with Gasteiger partial charge in [-0.15, -0.1) is 0 Å². The predicted octanol–water partition coefficient (Wildman–Crippen LogP) is 3.49. The summed E-state index contributed by atoms with van der Waals surface area (Å²) in [5, 5.41) is 0. The summed E-state index contributed by atoms with van der Waals surface area (Å²) in [5.74, 6) is 0. The van der Waals surface area contributed by atoms with E-state index in [1.54, 1.807) is 7.11 Å². The highest BCUT2D eigenvalue weighted by Crippen LogP contribution is 2.25. The van der Waals surface area contributed by atoms with Crippen LogP contribution in [0.25, 0.3) is 0 Å². The lowest BCUT2D eigenvalue weighted by Crippen LogP contribution is -2.48. The zero-order valence-corrected chi connectivity index (χ0v) is 12.0. The Hall–Kier alpha value is -0.643. The van der Waals surface area contributed by atoms with E-state index in [-0.39, 0.29) is 0 Å². The fraction of sp³-hybridized carbons (Fsp3) is 0.538. The Morgan fingerprint density at radius 3 is 2.19 bits per heavy atom. The van der Waals surface area contributed by atoms with Crippen molar-refractivity contribution in [2.24, 2.45) is 0 Å². The van der Waals surface area contributed by atoms with E-state index in [0.29, 0.717) is 12.8 Å². The third kappa shape index (κ3) is 3.44. The van der Waals surface area contributed by atoms with Crippen molar-refractivity contribution < 1.29 is 4.74 Å². The van der Waals surface area contributed by atoms with Crippen LogP contribution in [0.15, 0.2) is 30.3 Å². The number of nitrogens with zero attached hydrogens (tertiary/aromatic N) is 1. The molecule has 1 aromatic rings. The minimum absolute atomic E-state index is 0.424. The third-order valence-electron chi connectivity index (χ3n) is 2.88. The monoisotopic (exact) mass is 237 g/mol. The molecule has 1 aromatic carbocycles. The molecular formula is C13H23NOSi. The van der Waals surface area contributed by atoms with Gasteiger partial charge in [-0.1, -0.05) is 50.0 Å². The van der Waals surface area contributed by atoms with Crippen LogP contribution in [0.2, 0.25) is 19.6 Å². The van der Waals surface area contributed by atoms with Crippen LogP contribution in [0.4, 0.5) is 0 Å². The van der Waals surface area contributed by atoms with Crippen LogP contribution in [0.5, 0.6) is 0 Å². The average molecular weight is 237 g/mol. The van der Waals surface area contributed by atoms with Crippen LogP contribution in [-0.4, -0.2) is 26.6 Å². The first-order valence-corrected chi connectivity index (χ1v) is 9.22. The van der Waals surface area contributed by atoms with Gasteiger partial charge in [0.2, 0.25) is 0 Å². The van der Waals surface area contributed by atoms with Crippen LogP contribution >= 0.6 is 0 Å². The van der Waals surface area contributed by atoms with Gasteiger partial charge in [0.1, 0.15) is 8.24 Å². The van der Waals surface area contributed by atoms with Crippen molar-refractivity contribution in [2.75, 3.05) is 13.8 Å². The number of ether oxygens (including phenoxy) is 1. The second kappa shape index (κ2) is 5.62. The zero-order chi connectivity index (χ0) is 12.2. The van der Waals surface area contributed by atoms with Crippen molar-refractivity contribution >= 4 is 8.24 Å². The number of methoxy groups -OCH3 is 1. The number of hydrogen-bond donors (Lipinski definition) is 0. The van der Waals surface area contributed by atoms with Gasteiger partial charge < -0.3 is 4.74 Å². The molecule has 0 N–H and O–H groups in total. The Bertz CT molecular complexity index is 307. The highest BCUT2D eigenvalue weighted by Gasteiger charge is 2.28. The molecule has 0 spiro atoms. The molecule has 90 valence electrons. The first kappa shape index (κ1) is 13.4. The summed E-state index contributed by atoms with van der Waals surface area (Å²) in [6, 6.07) is 11.1. The van der Waals surface area contributed by atoms with Gasteiger partial charge in [0.15, 0.2) is 0 Å². The molecule has 0 aliphatic rings. The van der Waals surface area contributed by atoms with Gasteiger partial charge in [-0.25, -0.2) is 0 Å². The summed E-state index contributed by atoms with van der Waals surface area (Å²) < 4.78 is 7.82. The summed E-state index contributed by atoms with van der Waals surface area (Å²) in [6.45, 7) is 10.0. The maximum absolute atomic E-state index is 5.33. The molecule has 0 radical (unpaired) electrons. The van der Waals surface area contributed by atoms with E-state index in [9.17, 15) is 0 Å². The second-order valence-electron chi connectivity index (χ2n) is 5.15. The van der Waals surface area contributed by atoms with Crippen LogP contribution in [0.1, 0.15) is 18.5 Å². The first-order valence-electron chi connectivity index (χ1n) is 5.77. The van der Waals surface area contributed by atoms with Crippen molar-refractivity contribution in [3.8, 4) is 0 Å². The predicted molar refractivity (Wildman–Crippen MR) is 71.9 cm³/mol. The molecular weight excluding hydrogens is 214 g/mol. The van der Waals surface area contributed by atoms with Crippen molar-refractivity contribution in [1.82, 2.24) is 4.57 Å². The molecule has 1 rings (SSSR count). The van der Waals surface area contributed by atoms with E-state index in [1.165, 1.54) is 5.56 Å². The molecule has 0 bridgehead atoms. The molecule has 0 aliphatic carbocycles. The second-order valence-corrected chi connectivity index (χ2v) is 10.1. The normalized spacial score (nSPS) is 14.1. The number of rotatable bonds is 5. The van der Waals surface area contributed by atoms with Gasteiger partial charge in [0.25, 0.3) is 0 Å². The summed E-state index contributed by atoms with van der Waals surface area (Å²) >= 11 is 0. The maximum Gasteiger partial charge on any atom is 0.122 e. The molecule has 1 atom stereocenters. The fourth-order valence-corrected chi connectivity index (χ4v) is 3.76. The van der Waals surface area contributed by atoms with Gasteiger partial charge in [0.05, 0.1) is 6.73 Å². The number of benzene rings is 1. The minimum atomic E-state index is -1.35. The fourth-order valence-electron chi connectivity index (χ4n) is 1.94. The Kier molecular flexibility index (Phi) is 4.71. The van der Waals surface area contributed by atoms with Crippen LogP contribution in [0.3, 0.4) is 0 Å². The van der Waals surface area contributed by atoms with Gasteiger partial charge in [-0.3, -0.25) is 4.57 Å². The first-order chi connectivity index (χ1) is 7.46. The molecule has 0 heterocycles. The van der Waals surface area contributed by atoms with Gasteiger partial charge in [-0.05, 0) is 12.5 Å². The SMILES string of the molecule is COCN(C(C)c1ccccc1)[Si](C)(C)C. The van der Waals surface area contributed by atoms with Gasteiger partial charge in [0, 0.05) is 13.2 Å². The van der Waals surface area contributed by atoms with Crippen molar-refractivity contribution in [1.29, 1.82) is 0 Å². The summed E-state index contributed by atoms with van der Waals surface area (Å²) in [5.41, 5.74) is 1.36. The average Bonchev–Trinajstić information content (AvgIpc) is 2.25. The van der Waals surface area contributed by atoms with Crippen molar-refractivity contribution in [3.05, 3.63) is 35.9 Å². The minimum Gasteiger partial charge on any atom is -0.370 e. The topological polar surface area (TPSA) is 12.5 Å². The molecule has 3 heteroatoms. The van der Waals surface area contributed by atoms with Gasteiger partial charge >= 0.3 is 0 Å². The van der Waals surface area contributed by atoms with Crippen LogP contribution < -0.4 is 0 Å². The van der Waals surface area contributed by atoms with E-state index < -0.39 is 8.24 Å². The van der Waals surface area contributed by atoms with Crippen LogP contribution in [0, 0.1) is 0 Å².